The Balaban J connectivity index is 1.89. The largest absolute Gasteiger partial charge is 0.478 e. The van der Waals surface area contributed by atoms with Crippen molar-refractivity contribution in [3.05, 3.63) is 91.9 Å². The Kier molecular flexibility index (Phi) is 6.01. The van der Waals surface area contributed by atoms with Crippen LogP contribution < -0.4 is 0 Å². The third kappa shape index (κ3) is 4.01. The first-order chi connectivity index (χ1) is 15.7. The number of hydrogen-bond donors (Lipinski definition) is 2. The maximum Gasteiger partial charge on any atom is 0.347 e. The van der Waals surface area contributed by atoms with Crippen LogP contribution in [-0.2, 0) is 4.74 Å². The molecule has 0 saturated carbocycles. The molecule has 0 aliphatic heterocycles. The van der Waals surface area contributed by atoms with Crippen LogP contribution in [0.15, 0.2) is 69.6 Å². The molecular formula is C24H12Br2O7. The van der Waals surface area contributed by atoms with Gasteiger partial charge in [-0.2, -0.15) is 0 Å². The van der Waals surface area contributed by atoms with Gasteiger partial charge in [-0.15, -0.1) is 0 Å². The van der Waals surface area contributed by atoms with Gasteiger partial charge < -0.3 is 14.9 Å². The van der Waals surface area contributed by atoms with E-state index in [4.69, 9.17) is 4.74 Å². The Labute approximate surface area is 202 Å². The van der Waals surface area contributed by atoms with Gasteiger partial charge >= 0.3 is 23.9 Å². The van der Waals surface area contributed by atoms with Crippen molar-refractivity contribution < 1.29 is 34.1 Å². The lowest BCUT2D eigenvalue weighted by molar-refractivity contribution is 0.0389. The monoisotopic (exact) mass is 570 g/mol. The van der Waals surface area contributed by atoms with E-state index in [0.717, 1.165) is 0 Å². The number of carbonyl (C=O) groups is 4. The number of carboxylic acids is 2. The lowest BCUT2D eigenvalue weighted by Gasteiger charge is -2.14. The third-order valence-electron chi connectivity index (χ3n) is 5.02. The van der Waals surface area contributed by atoms with Crippen LogP contribution in [0.5, 0.6) is 0 Å². The number of carbonyl (C=O) groups excluding carboxylic acids is 2. The van der Waals surface area contributed by atoms with Gasteiger partial charge in [-0.25, -0.2) is 19.2 Å². The molecular weight excluding hydrogens is 560 g/mol. The van der Waals surface area contributed by atoms with Gasteiger partial charge in [0.1, 0.15) is 0 Å². The first-order valence-electron chi connectivity index (χ1n) is 9.36. The highest BCUT2D eigenvalue weighted by atomic mass is 79.9. The molecule has 0 spiro atoms. The zero-order chi connectivity index (χ0) is 23.9. The molecule has 0 heterocycles. The highest BCUT2D eigenvalue weighted by Crippen LogP contribution is 2.33. The summed E-state index contributed by atoms with van der Waals surface area (Å²) in [6, 6.07) is 16.2. The number of fused-ring (bicyclic) bond motifs is 2. The van der Waals surface area contributed by atoms with Crippen LogP contribution in [0.3, 0.4) is 0 Å². The number of hydrogen-bond acceptors (Lipinski definition) is 5. The van der Waals surface area contributed by atoms with E-state index in [1.807, 2.05) is 0 Å². The van der Waals surface area contributed by atoms with Gasteiger partial charge in [-0.3, -0.25) is 0 Å². The summed E-state index contributed by atoms with van der Waals surface area (Å²) in [5.41, 5.74) is -1.39. The number of aromatic carboxylic acids is 2. The first kappa shape index (κ1) is 22.6. The zero-order valence-electron chi connectivity index (χ0n) is 16.5. The molecule has 9 heteroatoms. The molecule has 0 unspecified atom stereocenters. The molecule has 0 aliphatic rings. The highest BCUT2D eigenvalue weighted by Gasteiger charge is 2.30. The summed E-state index contributed by atoms with van der Waals surface area (Å²) in [6.07, 6.45) is 0. The summed E-state index contributed by atoms with van der Waals surface area (Å²) >= 11 is 6.33. The predicted octanol–water partition coefficient (Wildman–Crippen LogP) is 5.91. The molecule has 164 valence electrons. The molecule has 0 aliphatic carbocycles. The van der Waals surface area contributed by atoms with Crippen LogP contribution in [0.25, 0.3) is 21.5 Å². The van der Waals surface area contributed by atoms with Gasteiger partial charge in [-0.05, 0) is 65.5 Å². The van der Waals surface area contributed by atoms with E-state index in [2.05, 4.69) is 31.9 Å². The zero-order valence-corrected chi connectivity index (χ0v) is 19.6. The summed E-state index contributed by atoms with van der Waals surface area (Å²) in [5, 5.41) is 21.0. The fraction of sp³-hybridized carbons (Fsp3) is 0. The lowest BCUT2D eigenvalue weighted by atomic mass is 9.98. The number of rotatable bonds is 4. The second-order valence-corrected chi connectivity index (χ2v) is 8.66. The van der Waals surface area contributed by atoms with Gasteiger partial charge in [0, 0.05) is 8.95 Å². The van der Waals surface area contributed by atoms with Crippen LogP contribution in [0, 0.1) is 0 Å². The average molecular weight is 572 g/mol. The maximum atomic E-state index is 13.1. The van der Waals surface area contributed by atoms with Crippen LogP contribution in [-0.4, -0.2) is 34.1 Å². The van der Waals surface area contributed by atoms with Crippen molar-refractivity contribution in [2.45, 2.75) is 0 Å². The molecule has 0 fully saturated rings. The predicted molar refractivity (Wildman–Crippen MR) is 127 cm³/mol. The van der Waals surface area contributed by atoms with Crippen LogP contribution >= 0.6 is 31.9 Å². The Morgan fingerprint density at radius 2 is 0.970 bits per heavy atom. The summed E-state index contributed by atoms with van der Waals surface area (Å²) in [5.74, 6) is -5.22. The SMILES string of the molecule is O=C(O)c1c(Br)cc2ccccc2c1C(=O)OC(=O)c1c(C(=O)O)c(Br)cc2ccccc12. The second-order valence-electron chi connectivity index (χ2n) is 6.95. The molecule has 0 amide bonds. The lowest BCUT2D eigenvalue weighted by Crippen LogP contribution is -2.20. The normalized spacial score (nSPS) is 10.8. The van der Waals surface area contributed by atoms with Crippen molar-refractivity contribution in [3.63, 3.8) is 0 Å². The summed E-state index contributed by atoms with van der Waals surface area (Å²) in [4.78, 5) is 50.1. The Bertz CT molecular complexity index is 1400. The minimum atomic E-state index is -1.40. The van der Waals surface area contributed by atoms with Crippen molar-refractivity contribution in [2.75, 3.05) is 0 Å². The molecule has 4 aromatic carbocycles. The third-order valence-corrected chi connectivity index (χ3v) is 6.27. The number of benzene rings is 4. The van der Waals surface area contributed by atoms with E-state index in [1.165, 1.54) is 12.1 Å². The van der Waals surface area contributed by atoms with Gasteiger partial charge in [0.15, 0.2) is 0 Å². The summed E-state index contributed by atoms with van der Waals surface area (Å²) in [7, 11) is 0. The number of carboxylic acid groups (broad SMARTS) is 2. The Morgan fingerprint density at radius 3 is 1.33 bits per heavy atom. The van der Waals surface area contributed by atoms with Crippen LogP contribution in [0.4, 0.5) is 0 Å². The Morgan fingerprint density at radius 1 is 0.606 bits per heavy atom. The molecule has 0 aromatic heterocycles. The molecule has 4 rings (SSSR count). The van der Waals surface area contributed by atoms with E-state index >= 15 is 0 Å². The summed E-state index contributed by atoms with van der Waals surface area (Å²) in [6.45, 7) is 0. The van der Waals surface area contributed by atoms with Crippen molar-refractivity contribution in [2.24, 2.45) is 0 Å². The quantitative estimate of drug-likeness (QED) is 0.231. The van der Waals surface area contributed by atoms with Crippen LogP contribution in [0.2, 0.25) is 0 Å². The van der Waals surface area contributed by atoms with Crippen LogP contribution in [0.1, 0.15) is 41.4 Å². The van der Waals surface area contributed by atoms with Gasteiger partial charge in [0.2, 0.25) is 0 Å². The molecule has 0 saturated heterocycles. The number of esters is 2. The minimum absolute atomic E-state index is 0.132. The molecule has 7 nitrogen and oxygen atoms in total. The molecule has 4 aromatic rings. The summed E-state index contributed by atoms with van der Waals surface area (Å²) < 4.78 is 5.35. The molecule has 0 radical (unpaired) electrons. The van der Waals surface area contributed by atoms with Gasteiger partial charge in [-0.1, -0.05) is 48.5 Å². The van der Waals surface area contributed by atoms with Crippen molar-refractivity contribution in [1.29, 1.82) is 0 Å². The molecule has 2 N–H and O–H groups in total. The highest BCUT2D eigenvalue weighted by molar-refractivity contribution is 9.10. The van der Waals surface area contributed by atoms with Gasteiger partial charge in [0.25, 0.3) is 0 Å². The minimum Gasteiger partial charge on any atom is -0.478 e. The van der Waals surface area contributed by atoms with Crippen molar-refractivity contribution in [3.8, 4) is 0 Å². The first-order valence-corrected chi connectivity index (χ1v) is 10.9. The van der Waals surface area contributed by atoms with Gasteiger partial charge in [0.05, 0.1) is 22.3 Å². The average Bonchev–Trinajstić information content (AvgIpc) is 2.76. The smallest absolute Gasteiger partial charge is 0.347 e. The Hall–Kier alpha value is -3.56. The molecule has 0 atom stereocenters. The van der Waals surface area contributed by atoms with Crippen molar-refractivity contribution in [1.82, 2.24) is 0 Å². The van der Waals surface area contributed by atoms with E-state index in [9.17, 15) is 29.4 Å². The second kappa shape index (κ2) is 8.76. The number of ether oxygens (including phenoxy) is 1. The van der Waals surface area contributed by atoms with E-state index < -0.39 is 23.9 Å². The maximum absolute atomic E-state index is 13.1. The fourth-order valence-electron chi connectivity index (χ4n) is 3.66. The van der Waals surface area contributed by atoms with E-state index in [0.29, 0.717) is 10.8 Å². The standard InChI is InChI=1S/C24H12Br2O7/c25-15-9-11-5-1-3-7-13(11)17(19(15)21(27)28)23(31)33-24(32)18-14-8-4-2-6-12(14)10-16(26)20(18)22(29)30/h1-10H,(H,27,28)(H,29,30). The molecule has 0 bridgehead atoms. The molecule has 33 heavy (non-hydrogen) atoms. The van der Waals surface area contributed by atoms with Crippen molar-refractivity contribution >= 4 is 77.3 Å². The van der Waals surface area contributed by atoms with E-state index in [-0.39, 0.29) is 42.0 Å². The fourth-order valence-corrected chi connectivity index (χ4v) is 4.88. The van der Waals surface area contributed by atoms with E-state index in [1.54, 1.807) is 48.5 Å². The topological polar surface area (TPSA) is 118 Å². The number of halogens is 2.